The Balaban J connectivity index is 2.48. The second kappa shape index (κ2) is 7.23. The summed E-state index contributed by atoms with van der Waals surface area (Å²) in [6, 6.07) is 2.85. The van der Waals surface area contributed by atoms with E-state index in [2.05, 4.69) is 21.2 Å². The molecule has 104 valence electrons. The van der Waals surface area contributed by atoms with Gasteiger partial charge in [-0.1, -0.05) is 0 Å². The summed E-state index contributed by atoms with van der Waals surface area (Å²) in [5.74, 6) is -1.44. The van der Waals surface area contributed by atoms with E-state index in [1.165, 1.54) is 12.1 Å². The molecule has 0 heterocycles. The lowest BCUT2D eigenvalue weighted by Gasteiger charge is -2.09. The summed E-state index contributed by atoms with van der Waals surface area (Å²) < 4.78 is 13.5. The molecule has 0 atom stereocenters. The second-order valence-electron chi connectivity index (χ2n) is 4.23. The van der Waals surface area contributed by atoms with Gasteiger partial charge in [-0.05, 0) is 53.4 Å². The lowest BCUT2D eigenvalue weighted by molar-refractivity contribution is -0.137. The van der Waals surface area contributed by atoms with E-state index >= 15 is 0 Å². The van der Waals surface area contributed by atoms with Crippen LogP contribution in [-0.4, -0.2) is 17.0 Å². The van der Waals surface area contributed by atoms with Crippen molar-refractivity contribution in [2.24, 2.45) is 0 Å². The number of aryl methyl sites for hydroxylation is 1. The highest BCUT2D eigenvalue weighted by Crippen LogP contribution is 2.24. The Kier molecular flexibility index (Phi) is 5.95. The second-order valence-corrected chi connectivity index (χ2v) is 5.08. The summed E-state index contributed by atoms with van der Waals surface area (Å²) >= 11 is 3.06. The SMILES string of the molecule is Cc1cc(F)c(Br)cc1NC(=O)CCCCC(=O)O. The van der Waals surface area contributed by atoms with E-state index in [0.29, 0.717) is 28.6 Å². The highest BCUT2D eigenvalue weighted by Gasteiger charge is 2.08. The Morgan fingerprint density at radius 2 is 1.95 bits per heavy atom. The molecule has 0 bridgehead atoms. The van der Waals surface area contributed by atoms with E-state index in [-0.39, 0.29) is 24.6 Å². The molecule has 4 nitrogen and oxygen atoms in total. The van der Waals surface area contributed by atoms with Gasteiger partial charge < -0.3 is 10.4 Å². The van der Waals surface area contributed by atoms with Crippen LogP contribution in [-0.2, 0) is 9.59 Å². The number of halogens is 2. The van der Waals surface area contributed by atoms with Crippen LogP contribution in [0.25, 0.3) is 0 Å². The van der Waals surface area contributed by atoms with Gasteiger partial charge in [-0.2, -0.15) is 0 Å². The van der Waals surface area contributed by atoms with E-state index in [9.17, 15) is 14.0 Å². The average Bonchev–Trinajstić information content (AvgIpc) is 2.31. The predicted molar refractivity (Wildman–Crippen MR) is 73.6 cm³/mol. The van der Waals surface area contributed by atoms with Crippen molar-refractivity contribution in [3.05, 3.63) is 28.0 Å². The number of aliphatic carboxylic acids is 1. The third kappa shape index (κ3) is 5.38. The molecule has 19 heavy (non-hydrogen) atoms. The highest BCUT2D eigenvalue weighted by molar-refractivity contribution is 9.10. The molecule has 0 aromatic heterocycles. The van der Waals surface area contributed by atoms with Gasteiger partial charge in [-0.3, -0.25) is 9.59 Å². The minimum absolute atomic E-state index is 0.0639. The molecule has 1 amide bonds. The Morgan fingerprint density at radius 1 is 1.32 bits per heavy atom. The number of unbranched alkanes of at least 4 members (excludes halogenated alkanes) is 1. The van der Waals surface area contributed by atoms with Gasteiger partial charge >= 0.3 is 5.97 Å². The minimum Gasteiger partial charge on any atom is -0.481 e. The molecule has 1 rings (SSSR count). The first-order valence-corrected chi connectivity index (χ1v) is 6.66. The van der Waals surface area contributed by atoms with Crippen molar-refractivity contribution in [3.8, 4) is 0 Å². The van der Waals surface area contributed by atoms with Crippen LogP contribution < -0.4 is 5.32 Å². The number of carboxylic acid groups (broad SMARTS) is 1. The van der Waals surface area contributed by atoms with Gasteiger partial charge in [0.05, 0.1) is 4.47 Å². The fourth-order valence-corrected chi connectivity index (χ4v) is 1.90. The summed E-state index contributed by atoms with van der Waals surface area (Å²) in [4.78, 5) is 21.9. The zero-order valence-corrected chi connectivity index (χ0v) is 12.1. The largest absolute Gasteiger partial charge is 0.481 e. The van der Waals surface area contributed by atoms with Crippen molar-refractivity contribution in [1.82, 2.24) is 0 Å². The number of benzene rings is 1. The third-order valence-electron chi connectivity index (χ3n) is 2.59. The molecule has 2 N–H and O–H groups in total. The molecule has 0 saturated carbocycles. The van der Waals surface area contributed by atoms with E-state index in [1.54, 1.807) is 6.92 Å². The number of anilines is 1. The molecular weight excluding hydrogens is 317 g/mol. The van der Waals surface area contributed by atoms with Crippen LogP contribution in [0.3, 0.4) is 0 Å². The maximum atomic E-state index is 13.2. The van der Waals surface area contributed by atoms with E-state index in [4.69, 9.17) is 5.11 Å². The maximum absolute atomic E-state index is 13.2. The molecule has 0 radical (unpaired) electrons. The number of carbonyl (C=O) groups excluding carboxylic acids is 1. The van der Waals surface area contributed by atoms with Crippen molar-refractivity contribution in [2.45, 2.75) is 32.6 Å². The first-order valence-electron chi connectivity index (χ1n) is 5.87. The Labute approximate surface area is 119 Å². The Morgan fingerprint density at radius 3 is 2.58 bits per heavy atom. The molecule has 0 aliphatic heterocycles. The third-order valence-corrected chi connectivity index (χ3v) is 3.19. The molecule has 1 aromatic rings. The molecule has 6 heteroatoms. The normalized spacial score (nSPS) is 10.3. The zero-order chi connectivity index (χ0) is 14.4. The molecule has 1 aromatic carbocycles. The molecule has 0 fully saturated rings. The van der Waals surface area contributed by atoms with E-state index < -0.39 is 5.97 Å². The number of rotatable bonds is 6. The minimum atomic E-state index is -0.862. The van der Waals surface area contributed by atoms with Gasteiger partial charge in [0.2, 0.25) is 5.91 Å². The lowest BCUT2D eigenvalue weighted by Crippen LogP contribution is -2.12. The molecule has 0 spiro atoms. The van der Waals surface area contributed by atoms with Crippen LogP contribution in [0.15, 0.2) is 16.6 Å². The molecule has 0 unspecified atom stereocenters. The number of nitrogens with one attached hydrogen (secondary N) is 1. The van der Waals surface area contributed by atoms with Crippen molar-refractivity contribution in [2.75, 3.05) is 5.32 Å². The Hall–Kier alpha value is -1.43. The van der Waals surface area contributed by atoms with Crippen molar-refractivity contribution >= 4 is 33.5 Å². The van der Waals surface area contributed by atoms with Crippen LogP contribution in [0, 0.1) is 12.7 Å². The standard InChI is InChI=1S/C13H15BrFNO3/c1-8-6-10(15)9(14)7-11(8)16-12(17)4-2-3-5-13(18)19/h6-7H,2-5H2,1H3,(H,16,17)(H,18,19). The fourth-order valence-electron chi connectivity index (χ4n) is 1.56. The zero-order valence-electron chi connectivity index (χ0n) is 10.5. The summed E-state index contributed by atoms with van der Waals surface area (Å²) in [5.41, 5.74) is 1.19. The first kappa shape index (κ1) is 15.6. The maximum Gasteiger partial charge on any atom is 0.303 e. The van der Waals surface area contributed by atoms with Gasteiger partial charge in [0.25, 0.3) is 0 Å². The van der Waals surface area contributed by atoms with Crippen molar-refractivity contribution in [1.29, 1.82) is 0 Å². The van der Waals surface area contributed by atoms with Gasteiger partial charge in [-0.15, -0.1) is 0 Å². The van der Waals surface area contributed by atoms with Crippen LogP contribution >= 0.6 is 15.9 Å². The summed E-state index contributed by atoms with van der Waals surface area (Å²) in [5, 5.41) is 11.1. The van der Waals surface area contributed by atoms with Crippen LogP contribution in [0.2, 0.25) is 0 Å². The van der Waals surface area contributed by atoms with E-state index in [0.717, 1.165) is 0 Å². The topological polar surface area (TPSA) is 66.4 Å². The first-order chi connectivity index (χ1) is 8.90. The highest BCUT2D eigenvalue weighted by atomic mass is 79.9. The van der Waals surface area contributed by atoms with Gasteiger partial charge in [0, 0.05) is 18.5 Å². The number of hydrogen-bond donors (Lipinski definition) is 2. The van der Waals surface area contributed by atoms with E-state index in [1.807, 2.05) is 0 Å². The molecule has 0 saturated heterocycles. The van der Waals surface area contributed by atoms with Crippen LogP contribution in [0.5, 0.6) is 0 Å². The van der Waals surface area contributed by atoms with Gasteiger partial charge in [-0.25, -0.2) is 4.39 Å². The molecular formula is C13H15BrFNO3. The number of hydrogen-bond acceptors (Lipinski definition) is 2. The summed E-state index contributed by atoms with van der Waals surface area (Å²) in [6.45, 7) is 1.70. The number of carbonyl (C=O) groups is 2. The molecule has 0 aliphatic rings. The van der Waals surface area contributed by atoms with Crippen molar-refractivity contribution < 1.29 is 19.1 Å². The van der Waals surface area contributed by atoms with Crippen LogP contribution in [0.4, 0.5) is 10.1 Å². The smallest absolute Gasteiger partial charge is 0.303 e. The number of carboxylic acids is 1. The monoisotopic (exact) mass is 331 g/mol. The quantitative estimate of drug-likeness (QED) is 0.784. The summed E-state index contributed by atoms with van der Waals surface area (Å²) in [6.07, 6.45) is 1.30. The van der Waals surface area contributed by atoms with Crippen molar-refractivity contribution in [3.63, 3.8) is 0 Å². The average molecular weight is 332 g/mol. The lowest BCUT2D eigenvalue weighted by atomic mass is 10.1. The van der Waals surface area contributed by atoms with Crippen LogP contribution in [0.1, 0.15) is 31.2 Å². The Bertz CT molecular complexity index is 491. The predicted octanol–water partition coefficient (Wildman–Crippen LogP) is 3.48. The molecule has 0 aliphatic carbocycles. The van der Waals surface area contributed by atoms with Gasteiger partial charge in [0.1, 0.15) is 5.82 Å². The fraction of sp³-hybridized carbons (Fsp3) is 0.385. The summed E-state index contributed by atoms with van der Waals surface area (Å²) in [7, 11) is 0. The number of amides is 1. The van der Waals surface area contributed by atoms with Gasteiger partial charge in [0.15, 0.2) is 0 Å².